The maximum absolute atomic E-state index is 11.7. The zero-order valence-corrected chi connectivity index (χ0v) is 11.6. The Hall–Kier alpha value is -2.18. The normalized spacial score (nSPS) is 11.2. The second-order valence-corrected chi connectivity index (χ2v) is 5.05. The molecule has 0 amide bonds. The summed E-state index contributed by atoms with van der Waals surface area (Å²) in [6.45, 7) is 0. The summed E-state index contributed by atoms with van der Waals surface area (Å²) in [6.07, 6.45) is 3.19. The van der Waals surface area contributed by atoms with Gasteiger partial charge in [-0.25, -0.2) is 9.78 Å². The summed E-state index contributed by atoms with van der Waals surface area (Å²) in [7, 11) is 0. The lowest BCUT2D eigenvalue weighted by Gasteiger charge is -1.96. The number of hydrogen-bond donors (Lipinski definition) is 0. The van der Waals surface area contributed by atoms with E-state index < -0.39 is 5.97 Å². The monoisotopic (exact) mass is 305 g/mol. The van der Waals surface area contributed by atoms with Crippen LogP contribution < -0.4 is 0 Å². The molecule has 5 nitrogen and oxygen atoms in total. The molecule has 1 aromatic carbocycles. The third-order valence-electron chi connectivity index (χ3n) is 2.57. The molecule has 0 aliphatic carbocycles. The number of imidazole rings is 1. The van der Waals surface area contributed by atoms with Crippen LogP contribution in [0.1, 0.15) is 16.1 Å². The molecule has 20 heavy (non-hydrogen) atoms. The number of thiazole rings is 1. The average molecular weight is 306 g/mol. The second-order valence-electron chi connectivity index (χ2n) is 3.82. The lowest BCUT2D eigenvalue weighted by atomic mass is 10.2. The number of fused-ring (bicyclic) bond motifs is 1. The van der Waals surface area contributed by atoms with Crippen molar-refractivity contribution in [3.05, 3.63) is 58.3 Å². The summed E-state index contributed by atoms with van der Waals surface area (Å²) in [6, 6.07) is 8.63. The van der Waals surface area contributed by atoms with E-state index in [2.05, 4.69) is 10.1 Å². The van der Waals surface area contributed by atoms with E-state index in [0.29, 0.717) is 16.4 Å². The van der Waals surface area contributed by atoms with Gasteiger partial charge in [0.1, 0.15) is 5.69 Å². The van der Waals surface area contributed by atoms with Crippen LogP contribution in [0, 0.1) is 0 Å². The van der Waals surface area contributed by atoms with Gasteiger partial charge >= 0.3 is 5.97 Å². The molecular weight excluding hydrogens is 298 g/mol. The fourth-order valence-electron chi connectivity index (χ4n) is 1.64. The third-order valence-corrected chi connectivity index (χ3v) is 3.61. The molecule has 3 aromatic rings. The van der Waals surface area contributed by atoms with E-state index in [1.165, 1.54) is 17.6 Å². The first-order valence-electron chi connectivity index (χ1n) is 5.66. The van der Waals surface area contributed by atoms with Gasteiger partial charge in [0.25, 0.3) is 0 Å². The third kappa shape index (κ3) is 2.43. The van der Waals surface area contributed by atoms with Crippen molar-refractivity contribution in [2.24, 2.45) is 5.16 Å². The minimum Gasteiger partial charge on any atom is -0.313 e. The summed E-state index contributed by atoms with van der Waals surface area (Å²) in [5.74, 6) is -0.524. The van der Waals surface area contributed by atoms with Crippen LogP contribution in [0.15, 0.2) is 47.1 Å². The molecule has 3 rings (SSSR count). The highest BCUT2D eigenvalue weighted by Crippen LogP contribution is 2.19. The van der Waals surface area contributed by atoms with Crippen molar-refractivity contribution < 1.29 is 9.63 Å². The van der Waals surface area contributed by atoms with Gasteiger partial charge in [-0.05, 0) is 12.1 Å². The molecule has 0 aliphatic rings. The minimum atomic E-state index is -0.524. The van der Waals surface area contributed by atoms with Crippen molar-refractivity contribution in [2.75, 3.05) is 0 Å². The summed E-state index contributed by atoms with van der Waals surface area (Å²) >= 11 is 7.44. The Morgan fingerprint density at radius 1 is 1.40 bits per heavy atom. The fourth-order valence-corrected chi connectivity index (χ4v) is 2.63. The van der Waals surface area contributed by atoms with Crippen LogP contribution in [0.25, 0.3) is 4.96 Å². The smallest absolute Gasteiger partial charge is 0.313 e. The van der Waals surface area contributed by atoms with Gasteiger partial charge in [-0.3, -0.25) is 4.40 Å². The predicted octanol–water partition coefficient (Wildman–Crippen LogP) is 3.24. The molecule has 7 heteroatoms. The van der Waals surface area contributed by atoms with Crippen LogP contribution >= 0.6 is 22.9 Å². The van der Waals surface area contributed by atoms with E-state index in [1.807, 2.05) is 17.6 Å². The molecule has 0 aliphatic heterocycles. The highest BCUT2D eigenvalue weighted by molar-refractivity contribution is 7.15. The van der Waals surface area contributed by atoms with Crippen molar-refractivity contribution >= 4 is 40.1 Å². The first kappa shape index (κ1) is 12.8. The Balaban J connectivity index is 1.76. The van der Waals surface area contributed by atoms with E-state index in [9.17, 15) is 4.79 Å². The number of carbonyl (C=O) groups excluding carboxylic acids is 1. The largest absolute Gasteiger partial charge is 0.365 e. The van der Waals surface area contributed by atoms with Crippen LogP contribution in [0.4, 0.5) is 0 Å². The Morgan fingerprint density at radius 2 is 2.20 bits per heavy atom. The molecule has 0 atom stereocenters. The van der Waals surface area contributed by atoms with Gasteiger partial charge in [-0.1, -0.05) is 35.0 Å². The standard InChI is InChI=1S/C13H8ClN3O2S/c14-11-10(17-6-7-20-13(17)16-11)8-15-19-12(18)9-4-2-1-3-5-9/h1-8H/b15-8+. The summed E-state index contributed by atoms with van der Waals surface area (Å²) < 4.78 is 1.77. The average Bonchev–Trinajstić information content (AvgIpc) is 3.02. The highest BCUT2D eigenvalue weighted by atomic mass is 35.5. The first-order valence-corrected chi connectivity index (χ1v) is 6.92. The van der Waals surface area contributed by atoms with Gasteiger partial charge in [0.2, 0.25) is 0 Å². The van der Waals surface area contributed by atoms with Gasteiger partial charge in [-0.2, -0.15) is 0 Å². The number of benzene rings is 1. The van der Waals surface area contributed by atoms with Gasteiger partial charge in [0, 0.05) is 11.6 Å². The van der Waals surface area contributed by atoms with Crippen LogP contribution in [-0.4, -0.2) is 21.6 Å². The Morgan fingerprint density at radius 3 is 3.00 bits per heavy atom. The van der Waals surface area contributed by atoms with Crippen molar-refractivity contribution in [1.82, 2.24) is 9.38 Å². The van der Waals surface area contributed by atoms with Crippen LogP contribution in [0.5, 0.6) is 0 Å². The SMILES string of the molecule is O=C(O/N=C/c1c(Cl)nc2sccn12)c1ccccc1. The quantitative estimate of drug-likeness (QED) is 0.424. The molecule has 0 fully saturated rings. The molecule has 0 N–H and O–H groups in total. The van der Waals surface area contributed by atoms with Crippen LogP contribution in [-0.2, 0) is 4.84 Å². The number of rotatable bonds is 3. The second kappa shape index (κ2) is 5.44. The van der Waals surface area contributed by atoms with E-state index in [0.717, 1.165) is 4.96 Å². The highest BCUT2D eigenvalue weighted by Gasteiger charge is 2.10. The number of carbonyl (C=O) groups is 1. The number of oxime groups is 1. The lowest BCUT2D eigenvalue weighted by molar-refractivity contribution is 0.0519. The molecule has 0 unspecified atom stereocenters. The van der Waals surface area contributed by atoms with Gasteiger partial charge in [0.05, 0.1) is 11.8 Å². The summed E-state index contributed by atoms with van der Waals surface area (Å²) in [5, 5.41) is 5.86. The van der Waals surface area contributed by atoms with E-state index in [4.69, 9.17) is 16.4 Å². The summed E-state index contributed by atoms with van der Waals surface area (Å²) in [5.41, 5.74) is 1.01. The fraction of sp³-hybridized carbons (Fsp3) is 0. The molecule has 0 saturated carbocycles. The molecule has 0 bridgehead atoms. The van der Waals surface area contributed by atoms with Crippen molar-refractivity contribution in [2.45, 2.75) is 0 Å². The number of nitrogens with zero attached hydrogens (tertiary/aromatic N) is 3. The summed E-state index contributed by atoms with van der Waals surface area (Å²) in [4.78, 5) is 21.4. The van der Waals surface area contributed by atoms with E-state index in [-0.39, 0.29) is 0 Å². The molecule has 0 saturated heterocycles. The lowest BCUT2D eigenvalue weighted by Crippen LogP contribution is -2.00. The van der Waals surface area contributed by atoms with E-state index in [1.54, 1.807) is 28.7 Å². The maximum Gasteiger partial charge on any atom is 0.365 e. The topological polar surface area (TPSA) is 56.0 Å². The minimum absolute atomic E-state index is 0.316. The van der Waals surface area contributed by atoms with Gasteiger partial charge in [0.15, 0.2) is 10.1 Å². The zero-order valence-electron chi connectivity index (χ0n) is 10.1. The first-order chi connectivity index (χ1) is 9.75. The van der Waals surface area contributed by atoms with Crippen LogP contribution in [0.2, 0.25) is 5.15 Å². The Bertz CT molecular complexity index is 779. The van der Waals surface area contributed by atoms with Gasteiger partial charge < -0.3 is 4.84 Å². The number of hydrogen-bond acceptors (Lipinski definition) is 5. The number of halogens is 1. The number of aromatic nitrogens is 2. The molecule has 2 aromatic heterocycles. The molecule has 0 radical (unpaired) electrons. The molecule has 100 valence electrons. The Kier molecular flexibility index (Phi) is 3.49. The van der Waals surface area contributed by atoms with Crippen molar-refractivity contribution in [3.8, 4) is 0 Å². The molecule has 2 heterocycles. The maximum atomic E-state index is 11.7. The van der Waals surface area contributed by atoms with Crippen molar-refractivity contribution in [3.63, 3.8) is 0 Å². The van der Waals surface area contributed by atoms with Crippen molar-refractivity contribution in [1.29, 1.82) is 0 Å². The zero-order chi connectivity index (χ0) is 13.9. The Labute approximate surface area is 123 Å². The molecular formula is C13H8ClN3O2S. The van der Waals surface area contributed by atoms with Crippen LogP contribution in [0.3, 0.4) is 0 Å². The van der Waals surface area contributed by atoms with Gasteiger partial charge in [-0.15, -0.1) is 11.3 Å². The molecule has 0 spiro atoms. The predicted molar refractivity (Wildman–Crippen MR) is 77.5 cm³/mol. The van der Waals surface area contributed by atoms with E-state index >= 15 is 0 Å².